The summed E-state index contributed by atoms with van der Waals surface area (Å²) in [5, 5.41) is 0. The summed E-state index contributed by atoms with van der Waals surface area (Å²) in [6, 6.07) is 9.64. The van der Waals surface area contributed by atoms with E-state index in [1.54, 1.807) is 0 Å². The Balaban J connectivity index is 2.68. The van der Waals surface area contributed by atoms with Crippen LogP contribution in [0, 0.1) is 34.6 Å². The predicted octanol–water partition coefficient (Wildman–Crippen LogP) is 6.51. The minimum atomic E-state index is 0.0750. The van der Waals surface area contributed by atoms with Crippen LogP contribution in [0.2, 0.25) is 0 Å². The molecule has 2 rings (SSSR count). The van der Waals surface area contributed by atoms with Gasteiger partial charge in [0.15, 0.2) is 0 Å². The van der Waals surface area contributed by atoms with E-state index in [1.807, 2.05) is 0 Å². The first-order valence-electron chi connectivity index (χ1n) is 8.93. The molecule has 0 fully saturated rings. The van der Waals surface area contributed by atoms with E-state index in [9.17, 15) is 0 Å². The molecule has 0 aliphatic carbocycles. The molecule has 0 bridgehead atoms. The van der Waals surface area contributed by atoms with Crippen molar-refractivity contribution in [3.63, 3.8) is 0 Å². The zero-order valence-electron chi connectivity index (χ0n) is 16.2. The van der Waals surface area contributed by atoms with Crippen LogP contribution < -0.4 is 0 Å². The maximum atomic E-state index is 2.44. The fourth-order valence-corrected chi connectivity index (χ4v) is 3.55. The van der Waals surface area contributed by atoms with Gasteiger partial charge in [-0.15, -0.1) is 0 Å². The molecule has 0 saturated heterocycles. The van der Waals surface area contributed by atoms with Crippen molar-refractivity contribution in [2.45, 2.75) is 73.6 Å². The first kappa shape index (κ1) is 17.8. The number of benzene rings is 2. The van der Waals surface area contributed by atoms with Gasteiger partial charge in [0, 0.05) is 5.41 Å². The SMILES string of the molecule is CCc1cc(C(C)(CC)c2cc(C)c(C)c(C)c2)cc(C)c1C. The highest BCUT2D eigenvalue weighted by molar-refractivity contribution is 5.48. The lowest BCUT2D eigenvalue weighted by Crippen LogP contribution is -2.24. The molecule has 1 unspecified atom stereocenters. The van der Waals surface area contributed by atoms with E-state index in [-0.39, 0.29) is 5.41 Å². The maximum absolute atomic E-state index is 2.44. The van der Waals surface area contributed by atoms with Gasteiger partial charge in [0.25, 0.3) is 0 Å². The van der Waals surface area contributed by atoms with E-state index in [0.29, 0.717) is 0 Å². The van der Waals surface area contributed by atoms with Crippen molar-refractivity contribution in [2.75, 3.05) is 0 Å². The smallest absolute Gasteiger partial charge is 0.0172 e. The Labute approximate surface area is 143 Å². The lowest BCUT2D eigenvalue weighted by atomic mass is 9.72. The summed E-state index contributed by atoms with van der Waals surface area (Å²) in [4.78, 5) is 0. The van der Waals surface area contributed by atoms with Crippen molar-refractivity contribution in [3.05, 3.63) is 68.8 Å². The standard InChI is InChI=1S/C23H32/c1-9-20-14-22(13-17(5)19(20)7)23(8,10-2)21-11-15(3)18(6)16(4)12-21/h11-14H,9-10H2,1-8H3. The zero-order valence-corrected chi connectivity index (χ0v) is 16.2. The molecule has 0 saturated carbocycles. The van der Waals surface area contributed by atoms with Crippen LogP contribution in [0.15, 0.2) is 24.3 Å². The van der Waals surface area contributed by atoms with E-state index in [1.165, 1.54) is 44.5 Å². The van der Waals surface area contributed by atoms with E-state index in [0.717, 1.165) is 12.8 Å². The first-order chi connectivity index (χ1) is 10.7. The van der Waals surface area contributed by atoms with Crippen LogP contribution >= 0.6 is 0 Å². The summed E-state index contributed by atoms with van der Waals surface area (Å²) in [7, 11) is 0. The van der Waals surface area contributed by atoms with Crippen LogP contribution in [0.1, 0.15) is 71.7 Å². The average molecular weight is 309 g/mol. The van der Waals surface area contributed by atoms with Gasteiger partial charge < -0.3 is 0 Å². The molecule has 0 N–H and O–H groups in total. The van der Waals surface area contributed by atoms with Gasteiger partial charge in [-0.05, 0) is 92.0 Å². The van der Waals surface area contributed by atoms with Crippen LogP contribution in [0.4, 0.5) is 0 Å². The average Bonchev–Trinajstić information content (AvgIpc) is 2.53. The Morgan fingerprint density at radius 3 is 1.57 bits per heavy atom. The summed E-state index contributed by atoms with van der Waals surface area (Å²) >= 11 is 0. The topological polar surface area (TPSA) is 0 Å². The van der Waals surface area contributed by atoms with Crippen molar-refractivity contribution in [3.8, 4) is 0 Å². The van der Waals surface area contributed by atoms with Gasteiger partial charge in [0.05, 0.1) is 0 Å². The predicted molar refractivity (Wildman–Crippen MR) is 103 cm³/mol. The fourth-order valence-electron chi connectivity index (χ4n) is 3.55. The summed E-state index contributed by atoms with van der Waals surface area (Å²) in [6.45, 7) is 18.2. The van der Waals surface area contributed by atoms with Crippen LogP contribution in [0.5, 0.6) is 0 Å². The van der Waals surface area contributed by atoms with Gasteiger partial charge in [0.2, 0.25) is 0 Å². The third-order valence-electron chi connectivity index (χ3n) is 6.06. The van der Waals surface area contributed by atoms with Crippen molar-refractivity contribution in [1.82, 2.24) is 0 Å². The minimum absolute atomic E-state index is 0.0750. The fraction of sp³-hybridized carbons (Fsp3) is 0.478. The molecule has 124 valence electrons. The van der Waals surface area contributed by atoms with E-state index in [2.05, 4.69) is 79.7 Å². The zero-order chi connectivity index (χ0) is 17.4. The molecule has 2 aromatic carbocycles. The Kier molecular flexibility index (Phi) is 5.04. The first-order valence-corrected chi connectivity index (χ1v) is 8.93. The molecule has 0 amide bonds. The van der Waals surface area contributed by atoms with Gasteiger partial charge in [0.1, 0.15) is 0 Å². The van der Waals surface area contributed by atoms with Gasteiger partial charge in [-0.1, -0.05) is 45.0 Å². The third kappa shape index (κ3) is 3.09. The van der Waals surface area contributed by atoms with Crippen LogP contribution in [0.3, 0.4) is 0 Å². The number of hydrogen-bond donors (Lipinski definition) is 0. The Morgan fingerprint density at radius 1 is 0.696 bits per heavy atom. The van der Waals surface area contributed by atoms with Crippen LogP contribution in [-0.2, 0) is 11.8 Å². The van der Waals surface area contributed by atoms with Gasteiger partial charge in [-0.3, -0.25) is 0 Å². The van der Waals surface area contributed by atoms with E-state index >= 15 is 0 Å². The second kappa shape index (κ2) is 6.51. The number of aryl methyl sites for hydroxylation is 4. The quantitative estimate of drug-likeness (QED) is 0.604. The molecular weight excluding hydrogens is 276 g/mol. The summed E-state index contributed by atoms with van der Waals surface area (Å²) < 4.78 is 0. The lowest BCUT2D eigenvalue weighted by molar-refractivity contribution is 0.547. The Morgan fingerprint density at radius 2 is 1.13 bits per heavy atom. The van der Waals surface area contributed by atoms with Crippen molar-refractivity contribution < 1.29 is 0 Å². The van der Waals surface area contributed by atoms with Crippen LogP contribution in [-0.4, -0.2) is 0 Å². The third-order valence-corrected chi connectivity index (χ3v) is 6.06. The maximum Gasteiger partial charge on any atom is 0.0172 e. The summed E-state index contributed by atoms with van der Waals surface area (Å²) in [6.07, 6.45) is 2.22. The molecule has 0 aromatic heterocycles. The molecule has 0 aliphatic rings. The highest BCUT2D eigenvalue weighted by atomic mass is 14.3. The number of hydrogen-bond acceptors (Lipinski definition) is 0. The molecule has 2 aromatic rings. The minimum Gasteiger partial charge on any atom is -0.0642 e. The molecule has 1 atom stereocenters. The summed E-state index contributed by atoms with van der Waals surface area (Å²) in [5.74, 6) is 0. The van der Waals surface area contributed by atoms with Crippen molar-refractivity contribution in [1.29, 1.82) is 0 Å². The molecule has 0 spiro atoms. The Hall–Kier alpha value is -1.56. The second-order valence-electron chi connectivity index (χ2n) is 7.35. The monoisotopic (exact) mass is 308 g/mol. The van der Waals surface area contributed by atoms with Gasteiger partial charge in [-0.25, -0.2) is 0 Å². The summed E-state index contributed by atoms with van der Waals surface area (Å²) in [5.41, 5.74) is 11.6. The molecule has 0 heterocycles. The number of rotatable bonds is 4. The molecule has 0 aliphatic heterocycles. The molecular formula is C23H32. The van der Waals surface area contributed by atoms with E-state index in [4.69, 9.17) is 0 Å². The largest absolute Gasteiger partial charge is 0.0642 e. The van der Waals surface area contributed by atoms with Crippen LogP contribution in [0.25, 0.3) is 0 Å². The highest BCUT2D eigenvalue weighted by Gasteiger charge is 2.28. The second-order valence-corrected chi connectivity index (χ2v) is 7.35. The van der Waals surface area contributed by atoms with Gasteiger partial charge >= 0.3 is 0 Å². The van der Waals surface area contributed by atoms with Crippen molar-refractivity contribution in [2.24, 2.45) is 0 Å². The highest BCUT2D eigenvalue weighted by Crippen LogP contribution is 2.38. The Bertz CT molecular complexity index is 698. The molecule has 23 heavy (non-hydrogen) atoms. The lowest BCUT2D eigenvalue weighted by Gasteiger charge is -2.32. The van der Waals surface area contributed by atoms with Gasteiger partial charge in [-0.2, -0.15) is 0 Å². The normalized spacial score (nSPS) is 13.9. The molecule has 0 nitrogen and oxygen atoms in total. The molecule has 0 radical (unpaired) electrons. The van der Waals surface area contributed by atoms with Crippen molar-refractivity contribution >= 4 is 0 Å². The van der Waals surface area contributed by atoms with E-state index < -0.39 is 0 Å². The molecule has 0 heteroatoms.